The van der Waals surface area contributed by atoms with Crippen LogP contribution in [0.15, 0.2) is 24.3 Å². The number of methoxy groups -OCH3 is 1. The second kappa shape index (κ2) is 7.29. The minimum absolute atomic E-state index is 0.230. The van der Waals surface area contributed by atoms with Gasteiger partial charge >= 0.3 is 5.97 Å². The molecule has 5 heteroatoms. The Balaban J connectivity index is 2.20. The van der Waals surface area contributed by atoms with Gasteiger partial charge in [0.05, 0.1) is 7.11 Å². The highest BCUT2D eigenvalue weighted by atomic mass is 32.2. The van der Waals surface area contributed by atoms with Crippen LogP contribution in [0.4, 0.5) is 4.39 Å². The number of benzene rings is 1. The molecule has 2 N–H and O–H groups in total. The van der Waals surface area contributed by atoms with Gasteiger partial charge < -0.3 is 10.5 Å². The summed E-state index contributed by atoms with van der Waals surface area (Å²) in [4.78, 5) is 11.0. The smallest absolute Gasteiger partial charge is 0.322 e. The third-order valence-electron chi connectivity index (χ3n) is 2.26. The minimum Gasteiger partial charge on any atom is -0.468 e. The van der Waals surface area contributed by atoms with Gasteiger partial charge in [0.1, 0.15) is 11.9 Å². The van der Waals surface area contributed by atoms with Crippen molar-refractivity contribution in [3.8, 4) is 0 Å². The molecule has 0 heterocycles. The van der Waals surface area contributed by atoms with E-state index in [-0.39, 0.29) is 11.8 Å². The van der Waals surface area contributed by atoms with Crippen molar-refractivity contribution in [3.05, 3.63) is 35.6 Å². The number of halogens is 1. The number of carbonyl (C=O) groups is 1. The van der Waals surface area contributed by atoms with Crippen LogP contribution in [-0.2, 0) is 15.3 Å². The van der Waals surface area contributed by atoms with E-state index in [2.05, 4.69) is 4.74 Å². The van der Waals surface area contributed by atoms with Gasteiger partial charge in [-0.1, -0.05) is 12.1 Å². The summed E-state index contributed by atoms with van der Waals surface area (Å²) in [5.74, 6) is 0.945. The molecule has 94 valence electrons. The van der Waals surface area contributed by atoms with E-state index in [1.807, 2.05) is 0 Å². The van der Waals surface area contributed by atoms with Crippen molar-refractivity contribution in [3.63, 3.8) is 0 Å². The van der Waals surface area contributed by atoms with Crippen LogP contribution in [0.25, 0.3) is 0 Å². The Morgan fingerprint density at radius 2 is 2.12 bits per heavy atom. The average Bonchev–Trinajstić information content (AvgIpc) is 2.35. The van der Waals surface area contributed by atoms with Gasteiger partial charge in [-0.05, 0) is 29.9 Å². The van der Waals surface area contributed by atoms with E-state index in [9.17, 15) is 9.18 Å². The van der Waals surface area contributed by atoms with Crippen LogP contribution in [0, 0.1) is 5.82 Å². The first kappa shape index (κ1) is 14.0. The highest BCUT2D eigenvalue weighted by Crippen LogP contribution is 2.14. The highest BCUT2D eigenvalue weighted by Gasteiger charge is 2.12. The van der Waals surface area contributed by atoms with Crippen molar-refractivity contribution in [2.45, 2.75) is 18.2 Å². The van der Waals surface area contributed by atoms with Crippen LogP contribution in [0.5, 0.6) is 0 Å². The third kappa shape index (κ3) is 5.19. The Kier molecular flexibility index (Phi) is 6.00. The predicted octanol–water partition coefficient (Wildman–Crippen LogP) is 1.95. The molecule has 1 unspecified atom stereocenters. The first-order valence-electron chi connectivity index (χ1n) is 5.29. The van der Waals surface area contributed by atoms with Crippen LogP contribution in [0.2, 0.25) is 0 Å². The Labute approximate surface area is 105 Å². The van der Waals surface area contributed by atoms with E-state index in [0.717, 1.165) is 17.1 Å². The molecular weight excluding hydrogens is 241 g/mol. The molecule has 0 aliphatic carbocycles. The predicted molar refractivity (Wildman–Crippen MR) is 67.2 cm³/mol. The number of hydrogen-bond acceptors (Lipinski definition) is 4. The summed E-state index contributed by atoms with van der Waals surface area (Å²) in [7, 11) is 1.33. The van der Waals surface area contributed by atoms with E-state index in [4.69, 9.17) is 5.73 Å². The SMILES string of the molecule is COC(=O)C(N)CCSCc1ccc(F)cc1. The summed E-state index contributed by atoms with van der Waals surface area (Å²) in [6.07, 6.45) is 0.582. The second-order valence-electron chi connectivity index (χ2n) is 3.60. The third-order valence-corrected chi connectivity index (χ3v) is 3.32. The van der Waals surface area contributed by atoms with E-state index in [1.165, 1.54) is 19.2 Å². The summed E-state index contributed by atoms with van der Waals surface area (Å²) in [6.45, 7) is 0. The van der Waals surface area contributed by atoms with E-state index in [1.54, 1.807) is 23.9 Å². The zero-order valence-corrected chi connectivity index (χ0v) is 10.5. The normalized spacial score (nSPS) is 12.2. The Hall–Kier alpha value is -1.07. The molecule has 0 radical (unpaired) electrons. The summed E-state index contributed by atoms with van der Waals surface area (Å²) < 4.78 is 17.2. The monoisotopic (exact) mass is 257 g/mol. The van der Waals surface area contributed by atoms with E-state index < -0.39 is 6.04 Å². The molecule has 0 amide bonds. The fraction of sp³-hybridized carbons (Fsp3) is 0.417. The van der Waals surface area contributed by atoms with Gasteiger partial charge in [-0.15, -0.1) is 0 Å². The molecule has 17 heavy (non-hydrogen) atoms. The molecule has 0 aromatic heterocycles. The summed E-state index contributed by atoms with van der Waals surface area (Å²) in [6, 6.07) is 5.83. The lowest BCUT2D eigenvalue weighted by molar-refractivity contribution is -0.142. The fourth-order valence-electron chi connectivity index (χ4n) is 1.25. The van der Waals surface area contributed by atoms with Gasteiger partial charge in [0.2, 0.25) is 0 Å². The van der Waals surface area contributed by atoms with Crippen LogP contribution in [0.1, 0.15) is 12.0 Å². The molecule has 1 aromatic rings. The first-order chi connectivity index (χ1) is 8.13. The number of esters is 1. The lowest BCUT2D eigenvalue weighted by Crippen LogP contribution is -2.31. The Morgan fingerprint density at radius 1 is 1.47 bits per heavy atom. The summed E-state index contributed by atoms with van der Waals surface area (Å²) in [5.41, 5.74) is 6.65. The maximum absolute atomic E-state index is 12.6. The molecular formula is C12H16FNO2S. The minimum atomic E-state index is -0.555. The number of ether oxygens (including phenoxy) is 1. The van der Waals surface area contributed by atoms with Crippen molar-refractivity contribution in [1.29, 1.82) is 0 Å². The zero-order chi connectivity index (χ0) is 12.7. The molecule has 0 aliphatic rings. The van der Waals surface area contributed by atoms with Gasteiger partial charge in [-0.3, -0.25) is 4.79 Å². The topological polar surface area (TPSA) is 52.3 Å². The summed E-state index contributed by atoms with van der Waals surface area (Å²) >= 11 is 1.66. The van der Waals surface area contributed by atoms with Crippen molar-refractivity contribution < 1.29 is 13.9 Å². The fourth-order valence-corrected chi connectivity index (χ4v) is 2.24. The van der Waals surface area contributed by atoms with Gasteiger partial charge in [0.25, 0.3) is 0 Å². The van der Waals surface area contributed by atoms with Crippen molar-refractivity contribution in [1.82, 2.24) is 0 Å². The van der Waals surface area contributed by atoms with Gasteiger partial charge in [-0.25, -0.2) is 4.39 Å². The quantitative estimate of drug-likeness (QED) is 0.625. The molecule has 3 nitrogen and oxygen atoms in total. The molecule has 0 saturated carbocycles. The molecule has 1 aromatic carbocycles. The van der Waals surface area contributed by atoms with Crippen LogP contribution in [-0.4, -0.2) is 24.9 Å². The van der Waals surface area contributed by atoms with Crippen LogP contribution in [0.3, 0.4) is 0 Å². The largest absolute Gasteiger partial charge is 0.468 e. The van der Waals surface area contributed by atoms with Gasteiger partial charge in [-0.2, -0.15) is 11.8 Å². The maximum atomic E-state index is 12.6. The average molecular weight is 257 g/mol. The van der Waals surface area contributed by atoms with Crippen LogP contribution < -0.4 is 5.73 Å². The Morgan fingerprint density at radius 3 is 2.71 bits per heavy atom. The Bertz CT molecular complexity index is 356. The van der Waals surface area contributed by atoms with E-state index in [0.29, 0.717) is 6.42 Å². The molecule has 1 atom stereocenters. The van der Waals surface area contributed by atoms with Crippen molar-refractivity contribution in [2.24, 2.45) is 5.73 Å². The number of carbonyl (C=O) groups excluding carboxylic acids is 1. The lowest BCUT2D eigenvalue weighted by Gasteiger charge is -2.08. The van der Waals surface area contributed by atoms with Crippen molar-refractivity contribution >= 4 is 17.7 Å². The first-order valence-corrected chi connectivity index (χ1v) is 6.44. The number of hydrogen-bond donors (Lipinski definition) is 1. The van der Waals surface area contributed by atoms with E-state index >= 15 is 0 Å². The lowest BCUT2D eigenvalue weighted by atomic mass is 10.2. The second-order valence-corrected chi connectivity index (χ2v) is 4.70. The highest BCUT2D eigenvalue weighted by molar-refractivity contribution is 7.98. The molecule has 0 fully saturated rings. The molecule has 0 aliphatic heterocycles. The molecule has 0 bridgehead atoms. The number of rotatable bonds is 6. The number of nitrogens with two attached hydrogens (primary N) is 1. The van der Waals surface area contributed by atoms with Gasteiger partial charge in [0.15, 0.2) is 0 Å². The van der Waals surface area contributed by atoms with Gasteiger partial charge in [0, 0.05) is 5.75 Å². The molecule has 0 saturated heterocycles. The van der Waals surface area contributed by atoms with Crippen LogP contribution >= 0.6 is 11.8 Å². The maximum Gasteiger partial charge on any atom is 0.322 e. The van der Waals surface area contributed by atoms with Crippen molar-refractivity contribution in [2.75, 3.05) is 12.9 Å². The standard InChI is InChI=1S/C12H16FNO2S/c1-16-12(15)11(14)6-7-17-8-9-2-4-10(13)5-3-9/h2-5,11H,6-8,14H2,1H3. The summed E-state index contributed by atoms with van der Waals surface area (Å²) in [5, 5.41) is 0. The zero-order valence-electron chi connectivity index (χ0n) is 9.69. The molecule has 1 rings (SSSR count). The number of thioether (sulfide) groups is 1. The molecule has 0 spiro atoms.